The minimum absolute atomic E-state index is 0.251. The second-order valence-electron chi connectivity index (χ2n) is 3.59. The first kappa shape index (κ1) is 11.6. The predicted octanol–water partition coefficient (Wildman–Crippen LogP) is 2.61. The number of hydrogen-bond acceptors (Lipinski definition) is 2. The summed E-state index contributed by atoms with van der Waals surface area (Å²) >= 11 is 0. The van der Waals surface area contributed by atoms with Gasteiger partial charge in [0.15, 0.2) is 0 Å². The van der Waals surface area contributed by atoms with Gasteiger partial charge in [-0.05, 0) is 12.0 Å². The Morgan fingerprint density at radius 3 is 2.35 bits per heavy atom. The number of H-pyrrole nitrogens is 1. The van der Waals surface area contributed by atoms with Gasteiger partial charge in [0.2, 0.25) is 0 Å². The third kappa shape index (κ3) is 3.05. The third-order valence-corrected chi connectivity index (χ3v) is 2.28. The van der Waals surface area contributed by atoms with E-state index in [4.69, 9.17) is 0 Å². The summed E-state index contributed by atoms with van der Waals surface area (Å²) < 4.78 is 36.7. The SMILES string of the molecule is FC(F)(F)c1n[nH]c(CCc2ccccc2)n1. The van der Waals surface area contributed by atoms with Crippen molar-refractivity contribution >= 4 is 0 Å². The Balaban J connectivity index is 1.99. The van der Waals surface area contributed by atoms with Crippen molar-refractivity contribution in [2.24, 2.45) is 0 Å². The van der Waals surface area contributed by atoms with E-state index in [1.165, 1.54) is 0 Å². The first-order valence-electron chi connectivity index (χ1n) is 5.08. The van der Waals surface area contributed by atoms with Crippen LogP contribution in [0.25, 0.3) is 0 Å². The van der Waals surface area contributed by atoms with Gasteiger partial charge in [-0.15, -0.1) is 5.10 Å². The Kier molecular flexibility index (Phi) is 3.12. The van der Waals surface area contributed by atoms with Crippen molar-refractivity contribution in [3.05, 3.63) is 47.5 Å². The highest BCUT2D eigenvalue weighted by Crippen LogP contribution is 2.25. The Morgan fingerprint density at radius 1 is 1.06 bits per heavy atom. The number of nitrogens with one attached hydrogen (secondary N) is 1. The molecule has 0 aliphatic carbocycles. The van der Waals surface area contributed by atoms with E-state index in [-0.39, 0.29) is 5.82 Å². The standard InChI is InChI=1S/C11H10F3N3/c12-11(13,14)10-15-9(16-17-10)7-6-8-4-2-1-3-5-8/h1-5H,6-7H2,(H,15,16,17). The molecule has 0 atom stereocenters. The van der Waals surface area contributed by atoms with E-state index < -0.39 is 12.0 Å². The van der Waals surface area contributed by atoms with E-state index in [1.54, 1.807) is 0 Å². The van der Waals surface area contributed by atoms with E-state index in [9.17, 15) is 13.2 Å². The molecule has 0 saturated heterocycles. The summed E-state index contributed by atoms with van der Waals surface area (Å²) in [5, 5.41) is 5.44. The molecule has 0 saturated carbocycles. The van der Waals surface area contributed by atoms with E-state index in [2.05, 4.69) is 15.2 Å². The van der Waals surface area contributed by atoms with Crippen LogP contribution in [0.15, 0.2) is 30.3 Å². The molecule has 0 amide bonds. The molecule has 3 nitrogen and oxygen atoms in total. The summed E-state index contributed by atoms with van der Waals surface area (Å²) in [4.78, 5) is 3.40. The van der Waals surface area contributed by atoms with Gasteiger partial charge in [0.25, 0.3) is 5.82 Å². The average Bonchev–Trinajstić information content (AvgIpc) is 2.76. The summed E-state index contributed by atoms with van der Waals surface area (Å²) in [6, 6.07) is 9.50. The summed E-state index contributed by atoms with van der Waals surface area (Å²) in [5.74, 6) is -0.860. The molecule has 1 heterocycles. The number of halogens is 3. The molecular weight excluding hydrogens is 231 g/mol. The number of nitrogens with zero attached hydrogens (tertiary/aromatic N) is 2. The topological polar surface area (TPSA) is 41.6 Å². The van der Waals surface area contributed by atoms with E-state index in [0.29, 0.717) is 12.8 Å². The maximum Gasteiger partial charge on any atom is 0.453 e. The van der Waals surface area contributed by atoms with Crippen molar-refractivity contribution in [1.82, 2.24) is 15.2 Å². The normalized spacial score (nSPS) is 11.7. The van der Waals surface area contributed by atoms with Crippen LogP contribution in [0, 0.1) is 0 Å². The lowest BCUT2D eigenvalue weighted by Gasteiger charge is -1.98. The van der Waals surface area contributed by atoms with Crippen molar-refractivity contribution in [2.75, 3.05) is 0 Å². The molecule has 0 unspecified atom stereocenters. The van der Waals surface area contributed by atoms with Crippen molar-refractivity contribution in [1.29, 1.82) is 0 Å². The molecule has 0 aliphatic rings. The molecule has 1 aromatic heterocycles. The minimum atomic E-state index is -4.48. The molecule has 6 heteroatoms. The van der Waals surface area contributed by atoms with Gasteiger partial charge in [0.05, 0.1) is 0 Å². The van der Waals surface area contributed by atoms with E-state index in [1.807, 2.05) is 30.3 Å². The number of aromatic nitrogens is 3. The molecule has 17 heavy (non-hydrogen) atoms. The van der Waals surface area contributed by atoms with Crippen LogP contribution in [-0.4, -0.2) is 15.2 Å². The largest absolute Gasteiger partial charge is 0.453 e. The Labute approximate surface area is 95.7 Å². The predicted molar refractivity (Wildman–Crippen MR) is 55.2 cm³/mol. The van der Waals surface area contributed by atoms with Gasteiger partial charge in [-0.2, -0.15) is 13.2 Å². The van der Waals surface area contributed by atoms with Crippen LogP contribution in [-0.2, 0) is 19.0 Å². The number of aromatic amines is 1. The third-order valence-electron chi connectivity index (χ3n) is 2.28. The number of aryl methyl sites for hydroxylation is 2. The fraction of sp³-hybridized carbons (Fsp3) is 0.273. The first-order valence-corrected chi connectivity index (χ1v) is 5.08. The number of rotatable bonds is 3. The molecule has 0 bridgehead atoms. The molecule has 1 aromatic carbocycles. The molecule has 1 N–H and O–H groups in total. The van der Waals surface area contributed by atoms with Gasteiger partial charge in [-0.25, -0.2) is 4.98 Å². The lowest BCUT2D eigenvalue weighted by Crippen LogP contribution is -2.07. The van der Waals surface area contributed by atoms with E-state index >= 15 is 0 Å². The van der Waals surface area contributed by atoms with Gasteiger partial charge in [-0.3, -0.25) is 5.10 Å². The van der Waals surface area contributed by atoms with Crippen LogP contribution in [0.5, 0.6) is 0 Å². The Morgan fingerprint density at radius 2 is 1.76 bits per heavy atom. The van der Waals surface area contributed by atoms with Crippen molar-refractivity contribution in [3.63, 3.8) is 0 Å². The van der Waals surface area contributed by atoms with Crippen molar-refractivity contribution in [2.45, 2.75) is 19.0 Å². The highest BCUT2D eigenvalue weighted by atomic mass is 19.4. The Hall–Kier alpha value is -1.85. The molecule has 0 spiro atoms. The minimum Gasteiger partial charge on any atom is -0.263 e. The maximum atomic E-state index is 12.2. The number of alkyl halides is 3. The summed E-state index contributed by atoms with van der Waals surface area (Å²) in [7, 11) is 0. The fourth-order valence-corrected chi connectivity index (χ4v) is 1.44. The van der Waals surface area contributed by atoms with Gasteiger partial charge < -0.3 is 0 Å². The Bertz CT molecular complexity index is 476. The van der Waals surface area contributed by atoms with E-state index in [0.717, 1.165) is 5.56 Å². The maximum absolute atomic E-state index is 12.2. The summed E-state index contributed by atoms with van der Waals surface area (Å²) in [5.41, 5.74) is 1.05. The van der Waals surface area contributed by atoms with Crippen molar-refractivity contribution < 1.29 is 13.2 Å². The number of hydrogen-bond donors (Lipinski definition) is 1. The van der Waals surface area contributed by atoms with Crippen LogP contribution >= 0.6 is 0 Å². The second kappa shape index (κ2) is 4.57. The first-order chi connectivity index (χ1) is 8.05. The zero-order chi connectivity index (χ0) is 12.3. The lowest BCUT2D eigenvalue weighted by atomic mass is 10.1. The quantitative estimate of drug-likeness (QED) is 0.897. The molecule has 2 rings (SSSR count). The molecule has 0 radical (unpaired) electrons. The van der Waals surface area contributed by atoms with Crippen molar-refractivity contribution in [3.8, 4) is 0 Å². The van der Waals surface area contributed by atoms with Crippen LogP contribution in [0.3, 0.4) is 0 Å². The smallest absolute Gasteiger partial charge is 0.263 e. The van der Waals surface area contributed by atoms with Gasteiger partial charge in [-0.1, -0.05) is 30.3 Å². The van der Waals surface area contributed by atoms with Gasteiger partial charge in [0, 0.05) is 6.42 Å². The molecule has 90 valence electrons. The van der Waals surface area contributed by atoms with Crippen LogP contribution in [0.1, 0.15) is 17.2 Å². The average molecular weight is 241 g/mol. The molecular formula is C11H10F3N3. The summed E-state index contributed by atoms with van der Waals surface area (Å²) in [6.07, 6.45) is -3.44. The summed E-state index contributed by atoms with van der Waals surface area (Å²) in [6.45, 7) is 0. The highest BCUT2D eigenvalue weighted by Gasteiger charge is 2.35. The van der Waals surface area contributed by atoms with Crippen LogP contribution in [0.2, 0.25) is 0 Å². The van der Waals surface area contributed by atoms with Crippen LogP contribution < -0.4 is 0 Å². The van der Waals surface area contributed by atoms with Gasteiger partial charge >= 0.3 is 6.18 Å². The highest BCUT2D eigenvalue weighted by molar-refractivity contribution is 5.15. The fourth-order valence-electron chi connectivity index (χ4n) is 1.44. The molecule has 0 fully saturated rings. The zero-order valence-electron chi connectivity index (χ0n) is 8.83. The zero-order valence-corrected chi connectivity index (χ0v) is 8.83. The molecule has 0 aliphatic heterocycles. The van der Waals surface area contributed by atoms with Crippen LogP contribution in [0.4, 0.5) is 13.2 Å². The lowest BCUT2D eigenvalue weighted by molar-refractivity contribution is -0.144. The number of benzene rings is 1. The monoisotopic (exact) mass is 241 g/mol. The van der Waals surface area contributed by atoms with Gasteiger partial charge in [0.1, 0.15) is 5.82 Å². The second-order valence-corrected chi connectivity index (χ2v) is 3.59. The molecule has 2 aromatic rings.